The van der Waals surface area contributed by atoms with Gasteiger partial charge in [0.2, 0.25) is 24.1 Å². The smallest absolute Gasteiger partial charge is 0.425 e. The van der Waals surface area contributed by atoms with E-state index in [0.717, 1.165) is 28.2 Å². The zero-order valence-electron chi connectivity index (χ0n) is 21.4. The molecule has 2 saturated heterocycles. The maximum absolute atomic E-state index is 13.1. The van der Waals surface area contributed by atoms with Crippen molar-refractivity contribution >= 4 is 65.2 Å². The molecule has 2 aromatic rings. The summed E-state index contributed by atoms with van der Waals surface area (Å²) >= 11 is 1.95. The van der Waals surface area contributed by atoms with Crippen LogP contribution in [0, 0.1) is 5.41 Å². The molecule has 2 unspecified atom stereocenters. The van der Waals surface area contributed by atoms with E-state index in [1.165, 1.54) is 23.1 Å². The number of carboxylic acids is 2. The van der Waals surface area contributed by atoms with Crippen LogP contribution in [0.1, 0.15) is 5.69 Å². The van der Waals surface area contributed by atoms with E-state index in [2.05, 4.69) is 41.1 Å². The number of alkyl halides is 3. The van der Waals surface area contributed by atoms with Gasteiger partial charge in [-0.3, -0.25) is 24.0 Å². The lowest BCUT2D eigenvalue weighted by Crippen LogP contribution is -2.74. The summed E-state index contributed by atoms with van der Waals surface area (Å²) in [7, 11) is 0. The molecule has 2 aromatic heterocycles. The molecule has 2 aliphatic heterocycles. The number of aliphatic carboxylic acids is 2. The Bertz CT molecular complexity index is 1460. The normalized spacial score (nSPS) is 21.8. The summed E-state index contributed by atoms with van der Waals surface area (Å²) in [4.78, 5) is 69.6. The number of fused-ring (bicyclic) bond motifs is 1. The van der Waals surface area contributed by atoms with Crippen LogP contribution in [-0.4, -0.2) is 118 Å². The van der Waals surface area contributed by atoms with Crippen LogP contribution in [0.5, 0.6) is 0 Å². The molecule has 0 bridgehead atoms. The van der Waals surface area contributed by atoms with E-state index in [4.69, 9.17) is 5.11 Å². The zero-order valence-corrected chi connectivity index (χ0v) is 23.1. The number of carbonyl (C=O) groups excluding carboxylic acids is 3. The second kappa shape index (κ2) is 12.8. The number of nitrogens with one attached hydrogen (secondary N) is 2. The number of β-lactam (4-membered cyclic amide) rings is 1. The molecule has 43 heavy (non-hydrogen) atoms. The van der Waals surface area contributed by atoms with Crippen molar-refractivity contribution in [2.75, 3.05) is 30.0 Å². The van der Waals surface area contributed by atoms with Crippen LogP contribution < -0.4 is 10.6 Å². The van der Waals surface area contributed by atoms with Gasteiger partial charge in [0.1, 0.15) is 34.9 Å². The summed E-state index contributed by atoms with van der Waals surface area (Å²) in [5.41, 5.74) is -2.45. The van der Waals surface area contributed by atoms with Crippen molar-refractivity contribution in [1.82, 2.24) is 35.4 Å². The highest BCUT2D eigenvalue weighted by Gasteiger charge is 2.57. The number of rotatable bonds is 13. The Morgan fingerprint density at radius 3 is 2.74 bits per heavy atom. The average molecular weight is 648 g/mol. The Kier molecular flexibility index (Phi) is 9.37. The number of thioether (sulfide) groups is 2. The van der Waals surface area contributed by atoms with Crippen LogP contribution >= 0.6 is 23.5 Å². The van der Waals surface area contributed by atoms with Crippen LogP contribution in [-0.2, 0) is 35.4 Å². The van der Waals surface area contributed by atoms with Crippen LogP contribution in [0.3, 0.4) is 0 Å². The molecule has 0 spiro atoms. The van der Waals surface area contributed by atoms with Gasteiger partial charge in [-0.25, -0.2) is 9.67 Å². The minimum absolute atomic E-state index is 0.0206. The third kappa shape index (κ3) is 7.31. The largest absolute Gasteiger partial charge is 0.481 e. The third-order valence-electron chi connectivity index (χ3n) is 5.94. The summed E-state index contributed by atoms with van der Waals surface area (Å²) in [6, 6.07) is 2.73. The maximum atomic E-state index is 13.1. The molecule has 2 fully saturated rings. The molecular formula is C21H20F3N9O8S2. The SMILES string of the molecule is O=CNc1cccc(C(=NOCC(F)(F)F)C(=O)NC2C(=O)N3CC(CSc4nnnn4CC(=O)O)(C(=O)O)CS[C@H]23)n1. The average Bonchev–Trinajstić information content (AvgIpc) is 3.38. The number of pyridine rings is 1. The van der Waals surface area contributed by atoms with Crippen molar-refractivity contribution in [3.05, 3.63) is 23.9 Å². The number of hydrogen-bond acceptors (Lipinski definition) is 13. The molecule has 4 N–H and O–H groups in total. The highest BCUT2D eigenvalue weighted by atomic mass is 32.2. The summed E-state index contributed by atoms with van der Waals surface area (Å²) in [6.45, 7) is -2.61. The van der Waals surface area contributed by atoms with Crippen molar-refractivity contribution in [2.45, 2.75) is 29.3 Å². The number of amides is 3. The van der Waals surface area contributed by atoms with Gasteiger partial charge >= 0.3 is 18.1 Å². The lowest BCUT2D eigenvalue weighted by atomic mass is 9.89. The topological polar surface area (TPSA) is 231 Å². The number of nitrogens with zero attached hydrogens (tertiary/aromatic N) is 7. The fourth-order valence-corrected chi connectivity index (χ4v) is 6.67. The van der Waals surface area contributed by atoms with Gasteiger partial charge < -0.3 is 30.6 Å². The summed E-state index contributed by atoms with van der Waals surface area (Å²) < 4.78 is 38.8. The Morgan fingerprint density at radius 1 is 1.30 bits per heavy atom. The Hall–Kier alpha value is -4.47. The molecule has 0 aliphatic carbocycles. The van der Waals surface area contributed by atoms with E-state index < -0.39 is 65.6 Å². The lowest BCUT2D eigenvalue weighted by Gasteiger charge is -2.53. The minimum Gasteiger partial charge on any atom is -0.481 e. The lowest BCUT2D eigenvalue weighted by molar-refractivity contribution is -0.174. The summed E-state index contributed by atoms with van der Waals surface area (Å²) in [5.74, 6) is -4.38. The van der Waals surface area contributed by atoms with Crippen LogP contribution in [0.25, 0.3) is 0 Å². The maximum Gasteiger partial charge on any atom is 0.425 e. The molecule has 0 aromatic carbocycles. The fraction of sp³-hybridized carbons (Fsp3) is 0.429. The second-order valence-corrected chi connectivity index (χ2v) is 11.1. The molecule has 2 aliphatic rings. The monoisotopic (exact) mass is 647 g/mol. The fourth-order valence-electron chi connectivity index (χ4n) is 3.93. The summed E-state index contributed by atoms with van der Waals surface area (Å²) in [6.07, 6.45) is -4.47. The van der Waals surface area contributed by atoms with Gasteiger partial charge in [0, 0.05) is 18.1 Å². The van der Waals surface area contributed by atoms with E-state index in [-0.39, 0.29) is 34.7 Å². The van der Waals surface area contributed by atoms with E-state index in [0.29, 0.717) is 6.41 Å². The zero-order chi connectivity index (χ0) is 31.4. The molecule has 0 radical (unpaired) electrons. The highest BCUT2D eigenvalue weighted by molar-refractivity contribution is 8.00. The quantitative estimate of drug-likeness (QED) is 0.0690. The van der Waals surface area contributed by atoms with Gasteiger partial charge in [0.25, 0.3) is 5.91 Å². The molecule has 230 valence electrons. The van der Waals surface area contributed by atoms with Gasteiger partial charge in [-0.05, 0) is 22.6 Å². The van der Waals surface area contributed by atoms with Crippen LogP contribution in [0.4, 0.5) is 19.0 Å². The van der Waals surface area contributed by atoms with Gasteiger partial charge in [-0.15, -0.1) is 16.9 Å². The molecule has 0 saturated carbocycles. The molecular weight excluding hydrogens is 627 g/mol. The molecule has 3 atom stereocenters. The van der Waals surface area contributed by atoms with Gasteiger partial charge in [0.15, 0.2) is 5.71 Å². The van der Waals surface area contributed by atoms with E-state index >= 15 is 0 Å². The van der Waals surface area contributed by atoms with Crippen molar-refractivity contribution < 1.29 is 52.2 Å². The number of anilines is 1. The second-order valence-electron chi connectivity index (χ2n) is 9.00. The number of aromatic nitrogens is 5. The van der Waals surface area contributed by atoms with Crippen molar-refractivity contribution in [3.63, 3.8) is 0 Å². The number of tetrazole rings is 1. The predicted molar refractivity (Wildman–Crippen MR) is 139 cm³/mol. The first-order valence-electron chi connectivity index (χ1n) is 11.8. The Morgan fingerprint density at radius 2 is 2.07 bits per heavy atom. The number of oxime groups is 1. The number of carbonyl (C=O) groups is 5. The van der Waals surface area contributed by atoms with Crippen LogP contribution in [0.2, 0.25) is 0 Å². The third-order valence-corrected chi connectivity index (χ3v) is 8.78. The van der Waals surface area contributed by atoms with E-state index in [9.17, 15) is 42.3 Å². The van der Waals surface area contributed by atoms with Crippen molar-refractivity contribution in [2.24, 2.45) is 10.6 Å². The number of hydrogen-bond donors (Lipinski definition) is 4. The molecule has 17 nitrogen and oxygen atoms in total. The first-order chi connectivity index (χ1) is 20.3. The van der Waals surface area contributed by atoms with Crippen LogP contribution in [0.15, 0.2) is 28.5 Å². The molecule has 4 rings (SSSR count). The molecule has 22 heteroatoms. The first-order valence-corrected chi connectivity index (χ1v) is 13.9. The number of halogens is 3. The Balaban J connectivity index is 1.46. The van der Waals surface area contributed by atoms with E-state index in [1.807, 2.05) is 0 Å². The minimum atomic E-state index is -4.76. The van der Waals surface area contributed by atoms with Gasteiger partial charge in [-0.1, -0.05) is 23.0 Å². The first kappa shape index (κ1) is 31.5. The Labute approximate surface area is 246 Å². The van der Waals surface area contributed by atoms with Gasteiger partial charge in [-0.2, -0.15) is 13.2 Å². The van der Waals surface area contributed by atoms with Gasteiger partial charge in [0.05, 0.1) is 0 Å². The molecule has 4 heterocycles. The number of carboxylic acid groups (broad SMARTS) is 2. The van der Waals surface area contributed by atoms with E-state index in [1.54, 1.807) is 0 Å². The van der Waals surface area contributed by atoms with Crippen molar-refractivity contribution in [1.29, 1.82) is 0 Å². The predicted octanol–water partition coefficient (Wildman–Crippen LogP) is -0.733. The summed E-state index contributed by atoms with van der Waals surface area (Å²) in [5, 5.41) is 36.9. The molecule has 3 amide bonds. The van der Waals surface area contributed by atoms with Crippen molar-refractivity contribution in [3.8, 4) is 0 Å². The standard InChI is InChI=1S/C21H20F3N9O8S2/c22-21(23,24)6-41-29-13(10-2-1-3-11(26-10)25-9-34)15(37)27-14-16(38)32-5-20(18(39)40,7-42-17(14)32)8-43-19-28-30-31-33(19)4-12(35)36/h1-3,9,14,17H,4-8H2,(H,27,37)(H,35,36)(H,39,40)(H,25,26,34)/t14?,17-,20?/m1/s1. The highest BCUT2D eigenvalue weighted by Crippen LogP contribution is 2.44.